The molecule has 1 aromatic rings. The molecule has 0 aliphatic heterocycles. The highest BCUT2D eigenvalue weighted by atomic mass is 35.5. The molecule has 0 aliphatic rings. The van der Waals surface area contributed by atoms with Gasteiger partial charge in [-0.25, -0.2) is 0 Å². The maximum atomic E-state index is 8.94. The lowest BCUT2D eigenvalue weighted by molar-refractivity contribution is 0.259. The first kappa shape index (κ1) is 12.4. The zero-order valence-corrected chi connectivity index (χ0v) is 8.17. The van der Waals surface area contributed by atoms with Crippen molar-refractivity contribution in [2.24, 2.45) is 5.73 Å². The molecule has 0 amide bonds. The Bertz CT molecular complexity index is 260. The lowest BCUT2D eigenvalue weighted by atomic mass is 10.1. The lowest BCUT2D eigenvalue weighted by Crippen LogP contribution is -2.07. The summed E-state index contributed by atoms with van der Waals surface area (Å²) in [7, 11) is 0. The van der Waals surface area contributed by atoms with E-state index in [-0.39, 0.29) is 31.7 Å². The maximum absolute atomic E-state index is 8.94. The fourth-order valence-corrected chi connectivity index (χ4v) is 1.13. The van der Waals surface area contributed by atoms with Gasteiger partial charge >= 0.3 is 0 Å². The average Bonchev–Trinajstić information content (AvgIpc) is 2.46. The largest absolute Gasteiger partial charge is 0.467 e. The van der Waals surface area contributed by atoms with Gasteiger partial charge in [0.1, 0.15) is 5.76 Å². The normalized spacial score (nSPS) is 12.3. The number of nitrogens with two attached hydrogens (primary N) is 1. The van der Waals surface area contributed by atoms with Crippen LogP contribution in [0, 0.1) is 0 Å². The van der Waals surface area contributed by atoms with Crippen molar-refractivity contribution in [2.75, 3.05) is 0 Å². The summed E-state index contributed by atoms with van der Waals surface area (Å²) in [5.41, 5.74) is 6.78. The van der Waals surface area contributed by atoms with E-state index >= 15 is 0 Å². The molecule has 13 heavy (non-hydrogen) atoms. The van der Waals surface area contributed by atoms with Crippen LogP contribution in [0.15, 0.2) is 10.7 Å². The summed E-state index contributed by atoms with van der Waals surface area (Å²) in [6, 6.07) is -0.257. The SMILES string of the molecule is CC(N)c1occ(CO)c1CO.Cl. The van der Waals surface area contributed by atoms with Gasteiger partial charge in [0.05, 0.1) is 25.5 Å². The lowest BCUT2D eigenvalue weighted by Gasteiger charge is -2.03. The molecule has 0 saturated heterocycles. The molecule has 0 radical (unpaired) electrons. The number of rotatable bonds is 3. The fourth-order valence-electron chi connectivity index (χ4n) is 1.13. The van der Waals surface area contributed by atoms with Gasteiger partial charge in [-0.1, -0.05) is 0 Å². The second kappa shape index (κ2) is 5.24. The van der Waals surface area contributed by atoms with Crippen molar-refractivity contribution in [2.45, 2.75) is 26.2 Å². The fraction of sp³-hybridized carbons (Fsp3) is 0.500. The average molecular weight is 208 g/mol. The molecule has 1 heterocycles. The molecule has 0 aromatic carbocycles. The van der Waals surface area contributed by atoms with Crippen molar-refractivity contribution < 1.29 is 14.6 Å². The molecule has 1 atom stereocenters. The maximum Gasteiger partial charge on any atom is 0.126 e. The summed E-state index contributed by atoms with van der Waals surface area (Å²) in [6.07, 6.45) is 1.42. The van der Waals surface area contributed by atoms with Crippen molar-refractivity contribution in [3.8, 4) is 0 Å². The Balaban J connectivity index is 0.00000144. The number of aliphatic hydroxyl groups excluding tert-OH is 2. The molecule has 0 bridgehead atoms. The van der Waals surface area contributed by atoms with Crippen LogP contribution in [0.2, 0.25) is 0 Å². The monoisotopic (exact) mass is 207 g/mol. The topological polar surface area (TPSA) is 79.6 Å². The van der Waals surface area contributed by atoms with E-state index < -0.39 is 0 Å². The van der Waals surface area contributed by atoms with Crippen LogP contribution in [-0.2, 0) is 13.2 Å². The third-order valence-corrected chi connectivity index (χ3v) is 1.76. The van der Waals surface area contributed by atoms with Crippen LogP contribution in [-0.4, -0.2) is 10.2 Å². The molecule has 4 nitrogen and oxygen atoms in total. The van der Waals surface area contributed by atoms with Crippen molar-refractivity contribution in [1.82, 2.24) is 0 Å². The van der Waals surface area contributed by atoms with Gasteiger partial charge in [-0.3, -0.25) is 0 Å². The Hall–Kier alpha value is -0.550. The molecule has 76 valence electrons. The number of hydrogen-bond donors (Lipinski definition) is 3. The van der Waals surface area contributed by atoms with Gasteiger partial charge in [-0.05, 0) is 6.92 Å². The van der Waals surface area contributed by atoms with Gasteiger partial charge in [0, 0.05) is 11.1 Å². The smallest absolute Gasteiger partial charge is 0.126 e. The molecule has 0 spiro atoms. The summed E-state index contributed by atoms with van der Waals surface area (Å²) >= 11 is 0. The van der Waals surface area contributed by atoms with E-state index in [4.69, 9.17) is 20.4 Å². The van der Waals surface area contributed by atoms with Gasteiger partial charge < -0.3 is 20.4 Å². The second-order valence-corrected chi connectivity index (χ2v) is 2.71. The van der Waals surface area contributed by atoms with Crippen molar-refractivity contribution in [3.63, 3.8) is 0 Å². The highest BCUT2D eigenvalue weighted by molar-refractivity contribution is 5.85. The summed E-state index contributed by atoms with van der Waals surface area (Å²) in [4.78, 5) is 0. The highest BCUT2D eigenvalue weighted by Gasteiger charge is 2.14. The number of furan rings is 1. The molecule has 1 rings (SSSR count). The first-order chi connectivity index (χ1) is 5.70. The van der Waals surface area contributed by atoms with Crippen LogP contribution < -0.4 is 5.73 Å². The van der Waals surface area contributed by atoms with Crippen LogP contribution >= 0.6 is 12.4 Å². The molecule has 0 saturated carbocycles. The van der Waals surface area contributed by atoms with E-state index in [0.717, 1.165) is 0 Å². The highest BCUT2D eigenvalue weighted by Crippen LogP contribution is 2.22. The molecule has 5 heteroatoms. The van der Waals surface area contributed by atoms with Gasteiger partial charge in [-0.2, -0.15) is 0 Å². The molecule has 0 aliphatic carbocycles. The molecule has 1 unspecified atom stereocenters. The zero-order chi connectivity index (χ0) is 9.14. The van der Waals surface area contributed by atoms with Gasteiger partial charge in [0.2, 0.25) is 0 Å². The minimum atomic E-state index is -0.257. The van der Waals surface area contributed by atoms with Gasteiger partial charge in [-0.15, -0.1) is 12.4 Å². The predicted molar refractivity (Wildman–Crippen MR) is 50.4 cm³/mol. The molecular formula is C8H14ClNO3. The van der Waals surface area contributed by atoms with E-state index in [1.54, 1.807) is 6.92 Å². The molecule has 1 aromatic heterocycles. The van der Waals surface area contributed by atoms with Gasteiger partial charge in [0.15, 0.2) is 0 Å². The second-order valence-electron chi connectivity index (χ2n) is 2.71. The first-order valence-electron chi connectivity index (χ1n) is 3.77. The summed E-state index contributed by atoms with van der Waals surface area (Å²) in [5.74, 6) is 0.543. The summed E-state index contributed by atoms with van der Waals surface area (Å²) in [5, 5.41) is 17.8. The predicted octanol–water partition coefficient (Wildman–Crippen LogP) is 0.706. The third kappa shape index (κ3) is 2.45. The quantitative estimate of drug-likeness (QED) is 0.682. The standard InChI is InChI=1S/C8H13NO3.ClH/c1-5(9)8-7(3-11)6(2-10)4-12-8;/h4-5,10-11H,2-3,9H2,1H3;1H. The van der Waals surface area contributed by atoms with Crippen LogP contribution in [0.1, 0.15) is 29.9 Å². The zero-order valence-electron chi connectivity index (χ0n) is 7.36. The van der Waals surface area contributed by atoms with E-state index in [0.29, 0.717) is 16.9 Å². The number of aliphatic hydroxyl groups is 2. The minimum absolute atomic E-state index is 0. The Morgan fingerprint density at radius 3 is 2.46 bits per heavy atom. The summed E-state index contributed by atoms with van der Waals surface area (Å²) < 4.78 is 5.09. The Morgan fingerprint density at radius 1 is 1.46 bits per heavy atom. The number of halogens is 1. The van der Waals surface area contributed by atoms with Crippen molar-refractivity contribution >= 4 is 12.4 Å². The third-order valence-electron chi connectivity index (χ3n) is 1.76. The summed E-state index contributed by atoms with van der Waals surface area (Å²) in [6.45, 7) is 1.48. The van der Waals surface area contributed by atoms with Gasteiger partial charge in [0.25, 0.3) is 0 Å². The minimum Gasteiger partial charge on any atom is -0.467 e. The van der Waals surface area contributed by atoms with Crippen LogP contribution in [0.3, 0.4) is 0 Å². The number of hydrogen-bond acceptors (Lipinski definition) is 4. The Labute approximate surface area is 82.8 Å². The molecular weight excluding hydrogens is 194 g/mol. The van der Waals surface area contributed by atoms with Crippen molar-refractivity contribution in [1.29, 1.82) is 0 Å². The first-order valence-corrected chi connectivity index (χ1v) is 3.77. The molecule has 4 N–H and O–H groups in total. The van der Waals surface area contributed by atoms with Crippen LogP contribution in [0.25, 0.3) is 0 Å². The van der Waals surface area contributed by atoms with Crippen LogP contribution in [0.4, 0.5) is 0 Å². The van der Waals surface area contributed by atoms with Crippen LogP contribution in [0.5, 0.6) is 0 Å². The van der Waals surface area contributed by atoms with E-state index in [2.05, 4.69) is 0 Å². The van der Waals surface area contributed by atoms with E-state index in [9.17, 15) is 0 Å². The Kier molecular flexibility index (Phi) is 5.02. The van der Waals surface area contributed by atoms with Crippen molar-refractivity contribution in [3.05, 3.63) is 23.2 Å². The molecule has 0 fully saturated rings. The van der Waals surface area contributed by atoms with E-state index in [1.807, 2.05) is 0 Å². The van der Waals surface area contributed by atoms with E-state index in [1.165, 1.54) is 6.26 Å². The Morgan fingerprint density at radius 2 is 2.08 bits per heavy atom.